The second-order valence-electron chi connectivity index (χ2n) is 6.54. The first kappa shape index (κ1) is 21.1. The SMILES string of the molecule is CC(C)CC(=O)CC(C)C.Cc1ccccc1.c1ccccc1. The van der Waals surface area contributed by atoms with E-state index >= 15 is 0 Å². The van der Waals surface area contributed by atoms with Gasteiger partial charge in [0.05, 0.1) is 0 Å². The molecule has 23 heavy (non-hydrogen) atoms. The zero-order valence-electron chi connectivity index (χ0n) is 15.3. The predicted octanol–water partition coefficient (Wildman–Crippen LogP) is 6.33. The van der Waals surface area contributed by atoms with E-state index in [1.165, 1.54) is 5.56 Å². The van der Waals surface area contributed by atoms with Gasteiger partial charge in [-0.1, -0.05) is 100.0 Å². The maximum Gasteiger partial charge on any atom is 0.133 e. The number of Topliss-reactive ketones (excluding diaryl/α,β-unsaturated/α-hetero) is 1. The number of benzene rings is 2. The van der Waals surface area contributed by atoms with Gasteiger partial charge in [-0.3, -0.25) is 4.79 Å². The van der Waals surface area contributed by atoms with Crippen molar-refractivity contribution in [2.45, 2.75) is 47.5 Å². The Morgan fingerprint density at radius 1 is 0.696 bits per heavy atom. The van der Waals surface area contributed by atoms with Crippen LogP contribution in [0.4, 0.5) is 0 Å². The fourth-order valence-corrected chi connectivity index (χ4v) is 1.91. The summed E-state index contributed by atoms with van der Waals surface area (Å²) in [5.74, 6) is 1.45. The number of carbonyl (C=O) groups is 1. The molecule has 0 fully saturated rings. The van der Waals surface area contributed by atoms with Gasteiger partial charge in [-0.15, -0.1) is 0 Å². The van der Waals surface area contributed by atoms with E-state index in [9.17, 15) is 4.79 Å². The number of carbonyl (C=O) groups excluding carboxylic acids is 1. The van der Waals surface area contributed by atoms with E-state index in [4.69, 9.17) is 0 Å². The molecule has 126 valence electrons. The molecular formula is C22H32O. The zero-order chi connectivity index (χ0) is 17.5. The van der Waals surface area contributed by atoms with Crippen molar-refractivity contribution in [3.63, 3.8) is 0 Å². The van der Waals surface area contributed by atoms with Gasteiger partial charge in [-0.05, 0) is 18.8 Å². The second-order valence-corrected chi connectivity index (χ2v) is 6.54. The van der Waals surface area contributed by atoms with E-state index in [-0.39, 0.29) is 0 Å². The highest BCUT2D eigenvalue weighted by Gasteiger charge is 2.06. The maximum atomic E-state index is 11.1. The summed E-state index contributed by atoms with van der Waals surface area (Å²) < 4.78 is 0. The van der Waals surface area contributed by atoms with Crippen LogP contribution < -0.4 is 0 Å². The minimum Gasteiger partial charge on any atom is -0.300 e. The van der Waals surface area contributed by atoms with E-state index in [2.05, 4.69) is 46.8 Å². The summed E-state index contributed by atoms with van der Waals surface area (Å²) in [6.07, 6.45) is 1.50. The predicted molar refractivity (Wildman–Crippen MR) is 102 cm³/mol. The van der Waals surface area contributed by atoms with Crippen LogP contribution in [0.5, 0.6) is 0 Å². The quantitative estimate of drug-likeness (QED) is 0.644. The third kappa shape index (κ3) is 16.3. The normalized spacial score (nSPS) is 9.52. The molecule has 0 radical (unpaired) electrons. The molecule has 2 aromatic carbocycles. The van der Waals surface area contributed by atoms with Gasteiger partial charge in [0.1, 0.15) is 5.78 Å². The lowest BCUT2D eigenvalue weighted by Crippen LogP contribution is -2.05. The van der Waals surface area contributed by atoms with Crippen molar-refractivity contribution < 1.29 is 4.79 Å². The van der Waals surface area contributed by atoms with Gasteiger partial charge in [0, 0.05) is 12.8 Å². The van der Waals surface area contributed by atoms with Crippen LogP contribution in [0.2, 0.25) is 0 Å². The fraction of sp³-hybridized carbons (Fsp3) is 0.409. The standard InChI is InChI=1S/C9H18O.C7H8.C6H6/c1-7(2)5-9(10)6-8(3)4;1-7-5-3-2-4-6-7;1-2-4-6-5-3-1/h7-8H,5-6H2,1-4H3;2-6H,1H3;1-6H. The van der Waals surface area contributed by atoms with Crippen molar-refractivity contribution in [1.82, 2.24) is 0 Å². The van der Waals surface area contributed by atoms with Gasteiger partial charge in [0.15, 0.2) is 0 Å². The monoisotopic (exact) mass is 312 g/mol. The number of hydrogen-bond acceptors (Lipinski definition) is 1. The molecule has 0 saturated heterocycles. The van der Waals surface area contributed by atoms with E-state index < -0.39 is 0 Å². The van der Waals surface area contributed by atoms with Crippen LogP contribution in [-0.2, 0) is 4.79 Å². The van der Waals surface area contributed by atoms with Crippen molar-refractivity contribution in [3.8, 4) is 0 Å². The summed E-state index contributed by atoms with van der Waals surface area (Å²) in [6, 6.07) is 22.3. The van der Waals surface area contributed by atoms with Crippen LogP contribution in [0.1, 0.15) is 46.1 Å². The molecule has 2 rings (SSSR count). The largest absolute Gasteiger partial charge is 0.300 e. The van der Waals surface area contributed by atoms with Crippen molar-refractivity contribution in [1.29, 1.82) is 0 Å². The average Bonchev–Trinajstić information content (AvgIpc) is 2.49. The molecule has 0 aliphatic carbocycles. The topological polar surface area (TPSA) is 17.1 Å². The summed E-state index contributed by atoms with van der Waals surface area (Å²) in [6.45, 7) is 10.4. The van der Waals surface area contributed by atoms with Crippen LogP contribution in [0.15, 0.2) is 66.7 Å². The Hall–Kier alpha value is -1.89. The minimum atomic E-state index is 0.407. The van der Waals surface area contributed by atoms with Crippen LogP contribution in [0.25, 0.3) is 0 Å². The first-order valence-electron chi connectivity index (χ1n) is 8.45. The lowest BCUT2D eigenvalue weighted by atomic mass is 10.00. The molecule has 0 heterocycles. The molecule has 0 saturated carbocycles. The fourth-order valence-electron chi connectivity index (χ4n) is 1.91. The third-order valence-electron chi connectivity index (χ3n) is 2.88. The maximum absolute atomic E-state index is 11.1. The number of ketones is 1. The number of aryl methyl sites for hydroxylation is 1. The Kier molecular flexibility index (Phi) is 12.6. The molecule has 0 aliphatic heterocycles. The van der Waals surface area contributed by atoms with Crippen molar-refractivity contribution in [2.75, 3.05) is 0 Å². The molecule has 0 aromatic heterocycles. The molecule has 0 unspecified atom stereocenters. The summed E-state index contributed by atoms with van der Waals surface area (Å²) in [4.78, 5) is 11.1. The van der Waals surface area contributed by atoms with Gasteiger partial charge in [0.25, 0.3) is 0 Å². The van der Waals surface area contributed by atoms with E-state index in [0.29, 0.717) is 17.6 Å². The molecular weight excluding hydrogens is 280 g/mol. The van der Waals surface area contributed by atoms with Crippen LogP contribution >= 0.6 is 0 Å². The molecule has 1 heteroatoms. The van der Waals surface area contributed by atoms with E-state index in [0.717, 1.165) is 12.8 Å². The van der Waals surface area contributed by atoms with Crippen LogP contribution in [0.3, 0.4) is 0 Å². The summed E-state index contributed by atoms with van der Waals surface area (Å²) >= 11 is 0. The second kappa shape index (κ2) is 13.8. The molecule has 0 amide bonds. The van der Waals surface area contributed by atoms with Crippen LogP contribution in [-0.4, -0.2) is 5.78 Å². The van der Waals surface area contributed by atoms with Gasteiger partial charge in [0.2, 0.25) is 0 Å². The Morgan fingerprint density at radius 3 is 1.22 bits per heavy atom. The highest BCUT2D eigenvalue weighted by Crippen LogP contribution is 2.07. The smallest absolute Gasteiger partial charge is 0.133 e. The van der Waals surface area contributed by atoms with E-state index in [1.807, 2.05) is 54.6 Å². The first-order valence-corrected chi connectivity index (χ1v) is 8.45. The highest BCUT2D eigenvalue weighted by molar-refractivity contribution is 5.78. The Morgan fingerprint density at radius 2 is 1.00 bits per heavy atom. The van der Waals surface area contributed by atoms with Gasteiger partial charge >= 0.3 is 0 Å². The van der Waals surface area contributed by atoms with E-state index in [1.54, 1.807) is 0 Å². The Balaban J connectivity index is 0.000000326. The molecule has 0 spiro atoms. The molecule has 0 bridgehead atoms. The summed E-state index contributed by atoms with van der Waals surface area (Å²) in [5.41, 5.74) is 1.32. The Labute approximate surface area is 142 Å². The third-order valence-corrected chi connectivity index (χ3v) is 2.88. The zero-order valence-corrected chi connectivity index (χ0v) is 15.3. The molecule has 2 aromatic rings. The van der Waals surface area contributed by atoms with Crippen LogP contribution in [0, 0.1) is 18.8 Å². The molecule has 0 aliphatic rings. The summed E-state index contributed by atoms with van der Waals surface area (Å²) in [7, 11) is 0. The molecule has 0 atom stereocenters. The average molecular weight is 312 g/mol. The van der Waals surface area contributed by atoms with Gasteiger partial charge in [-0.25, -0.2) is 0 Å². The summed E-state index contributed by atoms with van der Waals surface area (Å²) in [5, 5.41) is 0. The van der Waals surface area contributed by atoms with Gasteiger partial charge < -0.3 is 0 Å². The van der Waals surface area contributed by atoms with Gasteiger partial charge in [-0.2, -0.15) is 0 Å². The number of rotatable bonds is 4. The highest BCUT2D eigenvalue weighted by atomic mass is 16.1. The lowest BCUT2D eigenvalue weighted by Gasteiger charge is -2.05. The molecule has 1 nitrogen and oxygen atoms in total. The Bertz CT molecular complexity index is 447. The molecule has 0 N–H and O–H groups in total. The van der Waals surface area contributed by atoms with Crippen molar-refractivity contribution >= 4 is 5.78 Å². The number of hydrogen-bond donors (Lipinski definition) is 0. The lowest BCUT2D eigenvalue weighted by molar-refractivity contribution is -0.120. The van der Waals surface area contributed by atoms with Crippen molar-refractivity contribution in [2.24, 2.45) is 11.8 Å². The first-order chi connectivity index (χ1) is 10.9. The minimum absolute atomic E-state index is 0.407. The van der Waals surface area contributed by atoms with Crippen molar-refractivity contribution in [3.05, 3.63) is 72.3 Å².